The van der Waals surface area contributed by atoms with E-state index in [2.05, 4.69) is 33.2 Å². The second-order valence-corrected chi connectivity index (χ2v) is 7.93. The molecule has 0 radical (unpaired) electrons. The Balaban J connectivity index is 0.000000163. The minimum atomic E-state index is -0.278. The molecule has 0 saturated heterocycles. The monoisotopic (exact) mass is 709 g/mol. The van der Waals surface area contributed by atoms with Crippen molar-refractivity contribution in [1.82, 2.24) is 15.0 Å². The summed E-state index contributed by atoms with van der Waals surface area (Å²) in [5, 5.41) is 0. The Bertz CT molecular complexity index is 1340. The van der Waals surface area contributed by atoms with E-state index in [1.807, 2.05) is 48.5 Å². The van der Waals surface area contributed by atoms with Gasteiger partial charge in [0.2, 0.25) is 0 Å². The second-order valence-electron chi connectivity index (χ2n) is 7.93. The van der Waals surface area contributed by atoms with Crippen molar-refractivity contribution in [3.05, 3.63) is 164 Å². The molecule has 0 aliphatic heterocycles. The molecule has 0 bridgehead atoms. The minimum absolute atomic E-state index is 0. The first-order valence-corrected chi connectivity index (χ1v) is 11.8. The van der Waals surface area contributed by atoms with Crippen molar-refractivity contribution in [2.75, 3.05) is 0 Å². The average Bonchev–Trinajstić information content (AvgIpc) is 3.00. The van der Waals surface area contributed by atoms with Gasteiger partial charge in [-0.3, -0.25) is 18.2 Å². The van der Waals surface area contributed by atoms with Crippen LogP contribution in [0.4, 0.5) is 13.2 Å². The maximum absolute atomic E-state index is 12.6. The number of halogens is 3. The van der Waals surface area contributed by atoms with Gasteiger partial charge in [0, 0.05) is 36.0 Å². The molecule has 7 heteroatoms. The van der Waals surface area contributed by atoms with Crippen LogP contribution >= 0.6 is 0 Å². The van der Waals surface area contributed by atoms with Gasteiger partial charge in [0.25, 0.3) is 0 Å². The maximum atomic E-state index is 12.6. The molecule has 198 valence electrons. The third kappa shape index (κ3) is 9.38. The fourth-order valence-electron chi connectivity index (χ4n) is 3.28. The Morgan fingerprint density at radius 1 is 0.475 bits per heavy atom. The summed E-state index contributed by atoms with van der Waals surface area (Å²) in [6, 6.07) is 36.6. The van der Waals surface area contributed by atoms with Gasteiger partial charge >= 0.3 is 20.1 Å². The number of nitrogens with zero attached hydrogens (tertiary/aromatic N) is 3. The summed E-state index contributed by atoms with van der Waals surface area (Å²) in [4.78, 5) is 12.2. The largest absolute Gasteiger partial charge is 3.00 e. The Labute approximate surface area is 244 Å². The number of rotatable bonds is 3. The van der Waals surface area contributed by atoms with Crippen molar-refractivity contribution < 1.29 is 33.3 Å². The average molecular weight is 709 g/mol. The van der Waals surface area contributed by atoms with Gasteiger partial charge in [-0.25, -0.2) is 0 Å². The molecule has 0 aliphatic carbocycles. The SMILES string of the molecule is Fc1c[c-]c(-c2ccccn2)cc1.Fc1c[c-]c(-c2ccccn2)cc1.Fc1c[c-]c(-c2cccnc2)cc1.[Ir+3]. The van der Waals surface area contributed by atoms with E-state index in [9.17, 15) is 13.2 Å². The van der Waals surface area contributed by atoms with E-state index in [1.54, 1.807) is 43.0 Å². The van der Waals surface area contributed by atoms with Crippen LogP contribution in [0.1, 0.15) is 0 Å². The predicted octanol–water partition coefficient (Wildman–Crippen LogP) is 8.06. The second kappa shape index (κ2) is 15.8. The molecule has 40 heavy (non-hydrogen) atoms. The molecule has 3 aromatic heterocycles. The van der Waals surface area contributed by atoms with Gasteiger partial charge in [0.15, 0.2) is 0 Å². The van der Waals surface area contributed by atoms with Crippen LogP contribution < -0.4 is 0 Å². The van der Waals surface area contributed by atoms with Crippen molar-refractivity contribution in [2.45, 2.75) is 0 Å². The molecule has 3 heterocycles. The topological polar surface area (TPSA) is 38.7 Å². The fraction of sp³-hybridized carbons (Fsp3) is 0. The molecule has 0 atom stereocenters. The van der Waals surface area contributed by atoms with Crippen LogP contribution in [-0.4, -0.2) is 15.0 Å². The summed E-state index contributed by atoms with van der Waals surface area (Å²) in [5.41, 5.74) is 5.03. The van der Waals surface area contributed by atoms with Crippen molar-refractivity contribution in [3.63, 3.8) is 0 Å². The smallest absolute Gasteiger partial charge is 0.305 e. The van der Waals surface area contributed by atoms with Crippen LogP contribution in [0.5, 0.6) is 0 Å². The van der Waals surface area contributed by atoms with Crippen LogP contribution in [-0.2, 0) is 20.1 Å². The summed E-state index contributed by atoms with van der Waals surface area (Å²) in [5.74, 6) is -0.827. The standard InChI is InChI=1S/3C11H7FN.Ir/c12-11-5-3-9(4-6-11)10-2-1-7-13-8-10;2*12-10-6-4-9(5-7-10)11-3-1-2-8-13-11;/h1-3,5-8H;2*1-4,6-8H;/q3*-1;+3. The van der Waals surface area contributed by atoms with Crippen LogP contribution in [0.3, 0.4) is 0 Å². The van der Waals surface area contributed by atoms with E-state index in [0.717, 1.165) is 33.6 Å². The molecule has 0 unspecified atom stereocenters. The predicted molar refractivity (Wildman–Crippen MR) is 145 cm³/mol. The third-order valence-electron chi connectivity index (χ3n) is 5.18. The Morgan fingerprint density at radius 3 is 1.30 bits per heavy atom. The number of aromatic nitrogens is 3. The van der Waals surface area contributed by atoms with Gasteiger partial charge in [-0.15, -0.1) is 89.5 Å². The normalized spacial score (nSPS) is 9.68. The molecule has 0 N–H and O–H groups in total. The van der Waals surface area contributed by atoms with Crippen molar-refractivity contribution in [1.29, 1.82) is 0 Å². The molecule has 3 nitrogen and oxygen atoms in total. The van der Waals surface area contributed by atoms with E-state index in [0.29, 0.717) is 0 Å². The summed E-state index contributed by atoms with van der Waals surface area (Å²) in [6.45, 7) is 0. The molecule has 0 aliphatic rings. The third-order valence-corrected chi connectivity index (χ3v) is 5.18. The van der Waals surface area contributed by atoms with E-state index in [1.165, 1.54) is 36.4 Å². The molecule has 6 aromatic rings. The van der Waals surface area contributed by atoms with Gasteiger partial charge in [-0.1, -0.05) is 42.0 Å². The van der Waals surface area contributed by atoms with E-state index in [4.69, 9.17) is 0 Å². The number of hydrogen-bond donors (Lipinski definition) is 0. The van der Waals surface area contributed by atoms with Gasteiger partial charge < -0.3 is 9.97 Å². The van der Waals surface area contributed by atoms with Crippen LogP contribution in [0, 0.1) is 35.7 Å². The Kier molecular flexibility index (Phi) is 11.9. The summed E-state index contributed by atoms with van der Waals surface area (Å²) >= 11 is 0. The molecule has 0 amide bonds. The number of benzene rings is 3. The number of hydrogen-bond acceptors (Lipinski definition) is 3. The molecule has 0 saturated carbocycles. The minimum Gasteiger partial charge on any atom is -0.305 e. The fourth-order valence-corrected chi connectivity index (χ4v) is 3.28. The van der Waals surface area contributed by atoms with Crippen LogP contribution in [0.15, 0.2) is 128 Å². The first-order chi connectivity index (χ1) is 19.1. The zero-order valence-electron chi connectivity index (χ0n) is 20.9. The van der Waals surface area contributed by atoms with Crippen molar-refractivity contribution in [3.8, 4) is 33.6 Å². The number of pyridine rings is 3. The van der Waals surface area contributed by atoms with Crippen LogP contribution in [0.25, 0.3) is 33.6 Å². The van der Waals surface area contributed by atoms with Crippen molar-refractivity contribution in [2.24, 2.45) is 0 Å². The van der Waals surface area contributed by atoms with E-state index < -0.39 is 0 Å². The Morgan fingerprint density at radius 2 is 0.950 bits per heavy atom. The van der Waals surface area contributed by atoms with Gasteiger partial charge in [-0.05, 0) is 29.7 Å². The maximum Gasteiger partial charge on any atom is 3.00 e. The Hall–Kier alpha value is -4.45. The van der Waals surface area contributed by atoms with Gasteiger partial charge in [-0.2, -0.15) is 0 Å². The molecule has 0 fully saturated rings. The summed E-state index contributed by atoms with van der Waals surface area (Å²) in [6.07, 6.45) is 6.83. The van der Waals surface area contributed by atoms with E-state index in [-0.39, 0.29) is 37.6 Å². The summed E-state index contributed by atoms with van der Waals surface area (Å²) < 4.78 is 37.7. The zero-order valence-corrected chi connectivity index (χ0v) is 23.3. The molecule has 6 rings (SSSR count). The molecule has 0 spiro atoms. The quantitative estimate of drug-likeness (QED) is 0.175. The van der Waals surface area contributed by atoms with Crippen LogP contribution in [0.2, 0.25) is 0 Å². The molecular formula is C33H21F3IrN3. The first-order valence-electron chi connectivity index (χ1n) is 11.8. The first kappa shape index (κ1) is 30.1. The molecular weight excluding hydrogens is 688 g/mol. The summed E-state index contributed by atoms with van der Waals surface area (Å²) in [7, 11) is 0. The molecule has 3 aromatic carbocycles. The van der Waals surface area contributed by atoms with Crippen molar-refractivity contribution >= 4 is 0 Å². The zero-order chi connectivity index (χ0) is 27.3. The van der Waals surface area contributed by atoms with Gasteiger partial charge in [0.05, 0.1) is 0 Å². The van der Waals surface area contributed by atoms with E-state index >= 15 is 0 Å². The van der Waals surface area contributed by atoms with Gasteiger partial charge in [0.1, 0.15) is 0 Å².